The van der Waals surface area contributed by atoms with Crippen LogP contribution in [0.15, 0.2) is 72.2 Å². The van der Waals surface area contributed by atoms with Crippen molar-refractivity contribution in [2.24, 2.45) is 5.18 Å². The molecule has 0 fully saturated rings. The Balaban J connectivity index is 1.98. The lowest BCUT2D eigenvalue weighted by atomic mass is 10.1. The minimum atomic E-state index is 0.0566. The molecule has 0 unspecified atom stereocenters. The van der Waals surface area contributed by atoms with Crippen molar-refractivity contribution in [3.8, 4) is 0 Å². The van der Waals surface area contributed by atoms with Gasteiger partial charge in [0.25, 0.3) is 0 Å². The van der Waals surface area contributed by atoms with Crippen LogP contribution < -0.4 is 4.90 Å². The molecule has 0 bridgehead atoms. The van der Waals surface area contributed by atoms with Gasteiger partial charge in [0.15, 0.2) is 16.7 Å². The van der Waals surface area contributed by atoms with Crippen molar-refractivity contribution in [3.63, 3.8) is 0 Å². The highest BCUT2D eigenvalue weighted by molar-refractivity contribution is 6.32. The maximum Gasteiger partial charge on any atom is 0.187 e. The molecule has 0 N–H and O–H groups in total. The molecular weight excluding hydrogens is 324 g/mol. The van der Waals surface area contributed by atoms with Crippen molar-refractivity contribution in [2.45, 2.75) is 13.1 Å². The van der Waals surface area contributed by atoms with Gasteiger partial charge in [-0.3, -0.25) is 0 Å². The van der Waals surface area contributed by atoms with E-state index in [0.29, 0.717) is 18.9 Å². The molecule has 0 saturated carbocycles. The van der Waals surface area contributed by atoms with Gasteiger partial charge in [0, 0.05) is 13.1 Å². The van der Waals surface area contributed by atoms with Crippen LogP contribution >= 0.6 is 11.6 Å². The number of rotatable bonds is 6. The maximum absolute atomic E-state index is 11.2. The molecule has 2 aromatic carbocycles. The monoisotopic (exact) mass is 338 g/mol. The molecule has 0 spiro atoms. The summed E-state index contributed by atoms with van der Waals surface area (Å²) < 4.78 is 0. The summed E-state index contributed by atoms with van der Waals surface area (Å²) >= 11 is 6.01. The van der Waals surface area contributed by atoms with Gasteiger partial charge in [0.05, 0.1) is 0 Å². The lowest BCUT2D eigenvalue weighted by molar-refractivity contribution is 0.780. The normalized spacial score (nSPS) is 10.4. The lowest BCUT2D eigenvalue weighted by Crippen LogP contribution is -2.23. The molecule has 0 aliphatic carbocycles. The molecule has 0 aliphatic heterocycles. The first-order valence-corrected chi connectivity index (χ1v) is 7.82. The van der Waals surface area contributed by atoms with Crippen LogP contribution in [-0.4, -0.2) is 9.97 Å². The van der Waals surface area contributed by atoms with Gasteiger partial charge >= 0.3 is 0 Å². The van der Waals surface area contributed by atoms with Crippen LogP contribution in [0.25, 0.3) is 0 Å². The molecule has 0 radical (unpaired) electrons. The van der Waals surface area contributed by atoms with E-state index in [2.05, 4.69) is 15.1 Å². The van der Waals surface area contributed by atoms with Crippen LogP contribution in [0, 0.1) is 4.91 Å². The third kappa shape index (κ3) is 3.75. The summed E-state index contributed by atoms with van der Waals surface area (Å²) in [5.74, 6) is 0.428. The first kappa shape index (κ1) is 16.1. The van der Waals surface area contributed by atoms with Crippen LogP contribution in [0.5, 0.6) is 0 Å². The van der Waals surface area contributed by atoms with Crippen LogP contribution in [0.1, 0.15) is 11.1 Å². The van der Waals surface area contributed by atoms with Gasteiger partial charge in [0.2, 0.25) is 0 Å². The second-order valence-electron chi connectivity index (χ2n) is 5.26. The Kier molecular flexibility index (Phi) is 5.13. The fourth-order valence-corrected chi connectivity index (χ4v) is 2.63. The Morgan fingerprint density at radius 1 is 0.875 bits per heavy atom. The Hall–Kier alpha value is -2.79. The number of hydrogen-bond donors (Lipinski definition) is 0. The van der Waals surface area contributed by atoms with E-state index >= 15 is 0 Å². The number of halogens is 1. The summed E-state index contributed by atoms with van der Waals surface area (Å²) in [6.07, 6.45) is 1.34. The van der Waals surface area contributed by atoms with E-state index in [-0.39, 0.29) is 10.8 Å². The van der Waals surface area contributed by atoms with Crippen LogP contribution in [0.4, 0.5) is 11.5 Å². The van der Waals surface area contributed by atoms with E-state index in [4.69, 9.17) is 11.6 Å². The van der Waals surface area contributed by atoms with Gasteiger partial charge in [-0.15, -0.1) is 4.91 Å². The number of anilines is 1. The fourth-order valence-electron chi connectivity index (χ4n) is 2.47. The third-order valence-electron chi connectivity index (χ3n) is 3.58. The molecule has 0 atom stereocenters. The Bertz CT molecular complexity index is 770. The predicted octanol–water partition coefficient (Wildman–Crippen LogP) is 4.73. The largest absolute Gasteiger partial charge is 0.346 e. The highest BCUT2D eigenvalue weighted by Crippen LogP contribution is 2.33. The quantitative estimate of drug-likeness (QED) is 0.481. The summed E-state index contributed by atoms with van der Waals surface area (Å²) in [6.45, 7) is 1.15. The first-order valence-electron chi connectivity index (χ1n) is 7.44. The predicted molar refractivity (Wildman–Crippen MR) is 95.3 cm³/mol. The maximum atomic E-state index is 11.2. The van der Waals surface area contributed by atoms with Crippen molar-refractivity contribution in [1.29, 1.82) is 0 Å². The summed E-state index contributed by atoms with van der Waals surface area (Å²) in [5, 5.41) is 3.08. The average Bonchev–Trinajstić information content (AvgIpc) is 2.63. The zero-order valence-corrected chi connectivity index (χ0v) is 13.6. The molecule has 0 amide bonds. The van der Waals surface area contributed by atoms with Crippen molar-refractivity contribution in [1.82, 2.24) is 9.97 Å². The topological polar surface area (TPSA) is 58.5 Å². The average molecular weight is 339 g/mol. The van der Waals surface area contributed by atoms with Gasteiger partial charge in [-0.1, -0.05) is 72.3 Å². The second-order valence-corrected chi connectivity index (χ2v) is 5.61. The van der Waals surface area contributed by atoms with Crippen molar-refractivity contribution in [3.05, 3.63) is 88.2 Å². The second kappa shape index (κ2) is 7.66. The van der Waals surface area contributed by atoms with E-state index in [9.17, 15) is 4.91 Å². The number of nitrogens with zero attached hydrogens (tertiary/aromatic N) is 4. The minimum absolute atomic E-state index is 0.0566. The molecule has 6 heteroatoms. The highest BCUT2D eigenvalue weighted by Gasteiger charge is 2.18. The van der Waals surface area contributed by atoms with Gasteiger partial charge < -0.3 is 4.90 Å². The van der Waals surface area contributed by atoms with E-state index < -0.39 is 0 Å². The molecule has 0 aliphatic rings. The molecule has 5 nitrogen and oxygen atoms in total. The molecule has 3 aromatic rings. The zero-order valence-electron chi connectivity index (χ0n) is 12.8. The van der Waals surface area contributed by atoms with E-state index in [1.807, 2.05) is 65.6 Å². The Morgan fingerprint density at radius 2 is 1.42 bits per heavy atom. The van der Waals surface area contributed by atoms with Crippen LogP contribution in [0.3, 0.4) is 0 Å². The summed E-state index contributed by atoms with van der Waals surface area (Å²) in [4.78, 5) is 21.3. The molecule has 24 heavy (non-hydrogen) atoms. The molecule has 3 rings (SSSR count). The SMILES string of the molecule is O=Nc1c(Cl)ncnc1N(Cc1ccccc1)Cc1ccccc1. The summed E-state index contributed by atoms with van der Waals surface area (Å²) in [7, 11) is 0. The van der Waals surface area contributed by atoms with E-state index in [1.165, 1.54) is 6.33 Å². The van der Waals surface area contributed by atoms with Gasteiger partial charge in [-0.25, -0.2) is 9.97 Å². The Labute approximate surface area is 144 Å². The van der Waals surface area contributed by atoms with E-state index in [0.717, 1.165) is 11.1 Å². The molecule has 120 valence electrons. The molecule has 1 aromatic heterocycles. The zero-order chi connectivity index (χ0) is 16.8. The van der Waals surface area contributed by atoms with Gasteiger partial charge in [-0.05, 0) is 16.3 Å². The highest BCUT2D eigenvalue weighted by atomic mass is 35.5. The van der Waals surface area contributed by atoms with Gasteiger partial charge in [0.1, 0.15) is 6.33 Å². The number of hydrogen-bond acceptors (Lipinski definition) is 5. The number of aromatic nitrogens is 2. The molecule has 0 saturated heterocycles. The minimum Gasteiger partial charge on any atom is -0.346 e. The Morgan fingerprint density at radius 3 is 1.92 bits per heavy atom. The smallest absolute Gasteiger partial charge is 0.187 e. The van der Waals surface area contributed by atoms with Crippen LogP contribution in [0.2, 0.25) is 5.15 Å². The third-order valence-corrected chi connectivity index (χ3v) is 3.86. The van der Waals surface area contributed by atoms with Gasteiger partial charge in [-0.2, -0.15) is 0 Å². The van der Waals surface area contributed by atoms with E-state index in [1.54, 1.807) is 0 Å². The standard InChI is InChI=1S/C18H15ClN4O/c19-17-16(22-24)18(21-13-20-17)23(11-14-7-3-1-4-8-14)12-15-9-5-2-6-10-15/h1-10,13H,11-12H2. The lowest BCUT2D eigenvalue weighted by Gasteiger charge is -2.24. The number of nitroso groups, excluding NO2 is 1. The van der Waals surface area contributed by atoms with Crippen molar-refractivity contribution < 1.29 is 0 Å². The van der Waals surface area contributed by atoms with Crippen molar-refractivity contribution in [2.75, 3.05) is 4.90 Å². The van der Waals surface area contributed by atoms with Crippen LogP contribution in [-0.2, 0) is 13.1 Å². The molecule has 1 heterocycles. The molecular formula is C18H15ClN4O. The van der Waals surface area contributed by atoms with Crippen molar-refractivity contribution >= 4 is 23.1 Å². The number of benzene rings is 2. The fraction of sp³-hybridized carbons (Fsp3) is 0.111. The summed E-state index contributed by atoms with van der Waals surface area (Å²) in [6, 6.07) is 19.9. The summed E-state index contributed by atoms with van der Waals surface area (Å²) in [5.41, 5.74) is 2.26. The first-order chi connectivity index (χ1) is 11.8.